The third-order valence-corrected chi connectivity index (χ3v) is 4.82. The van der Waals surface area contributed by atoms with E-state index in [0.29, 0.717) is 23.6 Å². The van der Waals surface area contributed by atoms with Crippen molar-refractivity contribution in [2.75, 3.05) is 25.6 Å². The normalized spacial score (nSPS) is 14.7. The number of hydrogen-bond acceptors (Lipinski definition) is 4. The van der Waals surface area contributed by atoms with Gasteiger partial charge in [-0.1, -0.05) is 33.6 Å². The smallest absolute Gasteiger partial charge is 0.416 e. The largest absolute Gasteiger partial charge is 0.493 e. The van der Waals surface area contributed by atoms with E-state index in [1.54, 1.807) is 32.2 Å². The van der Waals surface area contributed by atoms with Crippen molar-refractivity contribution in [2.24, 2.45) is 0 Å². The van der Waals surface area contributed by atoms with Gasteiger partial charge in [-0.3, -0.25) is 0 Å². The zero-order chi connectivity index (χ0) is 22.5. The number of hydrogen-bond donors (Lipinski definition) is 1. The molecule has 164 valence electrons. The van der Waals surface area contributed by atoms with E-state index >= 15 is 4.39 Å². The molecule has 0 aliphatic heterocycles. The Balaban J connectivity index is 2.80. The summed E-state index contributed by atoms with van der Waals surface area (Å²) in [5, 5.41) is 2.29. The molecule has 3 atom stereocenters. The van der Waals surface area contributed by atoms with Crippen molar-refractivity contribution in [2.45, 2.75) is 31.5 Å². The Labute approximate surface area is 181 Å². The van der Waals surface area contributed by atoms with Gasteiger partial charge in [-0.15, -0.1) is 0 Å². The van der Waals surface area contributed by atoms with E-state index in [2.05, 4.69) is 14.6 Å². The Morgan fingerprint density at radius 3 is 2.40 bits per heavy atom. The van der Waals surface area contributed by atoms with E-state index in [1.807, 2.05) is 0 Å². The van der Waals surface area contributed by atoms with Gasteiger partial charge in [0.2, 0.25) is 0 Å². The van der Waals surface area contributed by atoms with Crippen molar-refractivity contribution in [1.29, 1.82) is 0 Å². The maximum absolute atomic E-state index is 15.2. The molecule has 0 saturated heterocycles. The number of ether oxygens (including phenoxy) is 2. The molecule has 3 nitrogen and oxygen atoms in total. The minimum atomic E-state index is -4.54. The molecule has 0 saturated carbocycles. The van der Waals surface area contributed by atoms with E-state index in [0.717, 1.165) is 12.1 Å². The number of alkyl halides is 4. The highest BCUT2D eigenvalue weighted by atomic mass is 32.1. The summed E-state index contributed by atoms with van der Waals surface area (Å²) < 4.78 is 66.8. The van der Waals surface area contributed by atoms with Gasteiger partial charge in [-0.2, -0.15) is 13.2 Å². The van der Waals surface area contributed by atoms with Gasteiger partial charge in [0.25, 0.3) is 0 Å². The fraction of sp³-hybridized carbons (Fsp3) is 0.381. The SMILES string of the molecule is CCOc1cccc(C(OCC=S)c2cc(C(F)(F)F)ccc2NC)c1C(C)(F)P. The summed E-state index contributed by atoms with van der Waals surface area (Å²) in [5.74, 6) is 0.295. The summed E-state index contributed by atoms with van der Waals surface area (Å²) in [6.45, 7) is 3.38. The fourth-order valence-corrected chi connectivity index (χ4v) is 3.62. The van der Waals surface area contributed by atoms with Gasteiger partial charge >= 0.3 is 6.18 Å². The Kier molecular flexibility index (Phi) is 8.20. The van der Waals surface area contributed by atoms with Crippen LogP contribution in [0.4, 0.5) is 23.2 Å². The zero-order valence-electron chi connectivity index (χ0n) is 16.8. The molecule has 0 fully saturated rings. The fourth-order valence-electron chi connectivity index (χ4n) is 3.23. The predicted octanol–water partition coefficient (Wildman–Crippen LogP) is 6.27. The van der Waals surface area contributed by atoms with Crippen LogP contribution in [-0.2, 0) is 16.3 Å². The van der Waals surface area contributed by atoms with Crippen molar-refractivity contribution in [3.05, 3.63) is 58.7 Å². The van der Waals surface area contributed by atoms with E-state index in [-0.39, 0.29) is 17.7 Å². The van der Waals surface area contributed by atoms with Crippen molar-refractivity contribution in [3.8, 4) is 5.75 Å². The third kappa shape index (κ3) is 5.68. The van der Waals surface area contributed by atoms with Gasteiger partial charge in [0, 0.05) is 29.2 Å². The average Bonchev–Trinajstić information content (AvgIpc) is 2.67. The number of rotatable bonds is 9. The van der Waals surface area contributed by atoms with Crippen LogP contribution in [0.5, 0.6) is 5.75 Å². The maximum Gasteiger partial charge on any atom is 0.416 e. The van der Waals surface area contributed by atoms with Gasteiger partial charge in [0.05, 0.1) is 18.8 Å². The Bertz CT molecular complexity index is 884. The van der Waals surface area contributed by atoms with E-state index < -0.39 is 23.3 Å². The number of thiocarbonyl (C=S) groups is 1. The van der Waals surface area contributed by atoms with Crippen LogP contribution in [0.25, 0.3) is 0 Å². The lowest BCUT2D eigenvalue weighted by Crippen LogP contribution is -2.19. The Morgan fingerprint density at radius 2 is 1.87 bits per heavy atom. The first-order valence-corrected chi connectivity index (χ1v) is 10.3. The monoisotopic (exact) mass is 461 g/mol. The van der Waals surface area contributed by atoms with E-state index in [4.69, 9.17) is 21.7 Å². The molecule has 0 aromatic heterocycles. The van der Waals surface area contributed by atoms with Crippen LogP contribution in [0.2, 0.25) is 0 Å². The molecule has 2 aromatic rings. The second-order valence-electron chi connectivity index (χ2n) is 6.66. The molecule has 0 spiro atoms. The Hall–Kier alpha value is -1.76. The molecule has 2 aromatic carbocycles. The standard InChI is InChI=1S/C21H24F4NO2PS/c1-4-27-17-7-5-6-14(18(17)20(2,22)29)19(28-10-11-30)15-12-13(21(23,24)25)8-9-16(15)26-3/h5-9,11-12,19,26H,4,10,29H2,1-3H3. The molecule has 0 radical (unpaired) electrons. The van der Waals surface area contributed by atoms with E-state index in [1.165, 1.54) is 18.4 Å². The molecule has 0 aliphatic carbocycles. The first-order chi connectivity index (χ1) is 14.0. The highest BCUT2D eigenvalue weighted by molar-refractivity contribution is 7.79. The van der Waals surface area contributed by atoms with Crippen LogP contribution in [0.3, 0.4) is 0 Å². The molecule has 0 amide bonds. The molecular formula is C21H24F4NO2PS. The Morgan fingerprint density at radius 1 is 1.17 bits per heavy atom. The van der Waals surface area contributed by atoms with Crippen molar-refractivity contribution in [3.63, 3.8) is 0 Å². The molecule has 9 heteroatoms. The number of nitrogens with one attached hydrogen (secondary N) is 1. The number of benzene rings is 2. The lowest BCUT2D eigenvalue weighted by Gasteiger charge is -2.28. The molecule has 0 bridgehead atoms. The first kappa shape index (κ1) is 24.5. The topological polar surface area (TPSA) is 30.5 Å². The molecule has 3 unspecified atom stereocenters. The van der Waals surface area contributed by atoms with Gasteiger partial charge in [-0.25, -0.2) is 4.39 Å². The number of anilines is 1. The van der Waals surface area contributed by atoms with E-state index in [9.17, 15) is 13.2 Å². The van der Waals surface area contributed by atoms with Crippen LogP contribution in [0.1, 0.15) is 42.2 Å². The maximum atomic E-state index is 15.2. The average molecular weight is 461 g/mol. The summed E-state index contributed by atoms with van der Waals surface area (Å²) >= 11 is 4.84. The molecule has 0 aliphatic rings. The quantitative estimate of drug-likeness (QED) is 0.271. The summed E-state index contributed by atoms with van der Waals surface area (Å²) in [7, 11) is 3.70. The third-order valence-electron chi connectivity index (χ3n) is 4.39. The number of halogens is 4. The summed E-state index contributed by atoms with van der Waals surface area (Å²) in [4.78, 5) is 0. The van der Waals surface area contributed by atoms with Crippen LogP contribution < -0.4 is 10.1 Å². The lowest BCUT2D eigenvalue weighted by molar-refractivity contribution is -0.137. The highest BCUT2D eigenvalue weighted by Gasteiger charge is 2.35. The van der Waals surface area contributed by atoms with Crippen LogP contribution >= 0.6 is 21.5 Å². The van der Waals surface area contributed by atoms with Crippen molar-refractivity contribution in [1.82, 2.24) is 0 Å². The molecule has 2 rings (SSSR count). The lowest BCUT2D eigenvalue weighted by atomic mass is 9.91. The minimum absolute atomic E-state index is 0.0163. The van der Waals surface area contributed by atoms with Crippen LogP contribution in [0, 0.1) is 0 Å². The van der Waals surface area contributed by atoms with Gasteiger partial charge in [0.15, 0.2) is 0 Å². The predicted molar refractivity (Wildman–Crippen MR) is 118 cm³/mol. The molecule has 1 N–H and O–H groups in total. The van der Waals surface area contributed by atoms with Crippen molar-refractivity contribution >= 4 is 32.5 Å². The highest BCUT2D eigenvalue weighted by Crippen LogP contribution is 2.46. The zero-order valence-corrected chi connectivity index (χ0v) is 18.8. The summed E-state index contributed by atoms with van der Waals surface area (Å²) in [6.07, 6.45) is -5.55. The summed E-state index contributed by atoms with van der Waals surface area (Å²) in [6, 6.07) is 8.21. The molecular weight excluding hydrogens is 437 g/mol. The molecule has 30 heavy (non-hydrogen) atoms. The second-order valence-corrected chi connectivity index (χ2v) is 8.08. The summed E-state index contributed by atoms with van der Waals surface area (Å²) in [5.41, 5.74) is 0.353. The van der Waals surface area contributed by atoms with Crippen molar-refractivity contribution < 1.29 is 27.0 Å². The van der Waals surface area contributed by atoms with Gasteiger partial charge in [0.1, 0.15) is 17.3 Å². The van der Waals surface area contributed by atoms with Gasteiger partial charge in [-0.05, 0) is 43.7 Å². The first-order valence-electron chi connectivity index (χ1n) is 9.22. The minimum Gasteiger partial charge on any atom is -0.493 e. The second kappa shape index (κ2) is 10.0. The van der Waals surface area contributed by atoms with Gasteiger partial charge < -0.3 is 14.8 Å². The van der Waals surface area contributed by atoms with Crippen LogP contribution in [0.15, 0.2) is 36.4 Å². The molecule has 0 heterocycles. The van der Waals surface area contributed by atoms with Crippen LogP contribution in [-0.4, -0.2) is 25.6 Å².